The summed E-state index contributed by atoms with van der Waals surface area (Å²) in [4.78, 5) is 28.3. The SMILES string of the molecule is COC(=O)C(CSc1ncccn1)CSc1ncccn1. The van der Waals surface area contributed by atoms with E-state index in [4.69, 9.17) is 4.74 Å². The van der Waals surface area contributed by atoms with Gasteiger partial charge in [0, 0.05) is 36.3 Å². The molecule has 0 N–H and O–H groups in total. The van der Waals surface area contributed by atoms with E-state index in [0.29, 0.717) is 21.8 Å². The Balaban J connectivity index is 1.90. The summed E-state index contributed by atoms with van der Waals surface area (Å²) < 4.78 is 4.84. The lowest BCUT2D eigenvalue weighted by Gasteiger charge is -2.12. The molecule has 110 valence electrons. The molecular formula is C13H14N4O2S2. The summed E-state index contributed by atoms with van der Waals surface area (Å²) in [6, 6.07) is 3.51. The van der Waals surface area contributed by atoms with Crippen molar-refractivity contribution in [2.24, 2.45) is 5.92 Å². The summed E-state index contributed by atoms with van der Waals surface area (Å²) in [6.07, 6.45) is 6.70. The molecule has 0 atom stereocenters. The van der Waals surface area contributed by atoms with E-state index in [-0.39, 0.29) is 11.9 Å². The van der Waals surface area contributed by atoms with E-state index < -0.39 is 0 Å². The Labute approximate surface area is 131 Å². The third kappa shape index (κ3) is 5.31. The number of esters is 1. The molecule has 0 saturated carbocycles. The molecule has 0 aliphatic rings. The topological polar surface area (TPSA) is 77.9 Å². The van der Waals surface area contributed by atoms with Crippen molar-refractivity contribution in [3.05, 3.63) is 36.9 Å². The number of carbonyl (C=O) groups excluding carboxylic acids is 1. The van der Waals surface area contributed by atoms with Crippen LogP contribution in [-0.4, -0.2) is 44.5 Å². The van der Waals surface area contributed by atoms with Crippen LogP contribution in [0.2, 0.25) is 0 Å². The van der Waals surface area contributed by atoms with Crippen molar-refractivity contribution in [3.63, 3.8) is 0 Å². The van der Waals surface area contributed by atoms with Crippen LogP contribution < -0.4 is 0 Å². The zero-order valence-electron chi connectivity index (χ0n) is 11.4. The predicted octanol–water partition coefficient (Wildman–Crippen LogP) is 1.94. The highest BCUT2D eigenvalue weighted by Crippen LogP contribution is 2.22. The summed E-state index contributed by atoms with van der Waals surface area (Å²) in [7, 11) is 1.39. The fraction of sp³-hybridized carbons (Fsp3) is 0.308. The van der Waals surface area contributed by atoms with Crippen molar-refractivity contribution in [2.45, 2.75) is 10.3 Å². The lowest BCUT2D eigenvalue weighted by atomic mass is 10.2. The molecule has 0 aliphatic carbocycles. The van der Waals surface area contributed by atoms with Gasteiger partial charge in [0.15, 0.2) is 10.3 Å². The molecule has 2 rings (SSSR count). The summed E-state index contributed by atoms with van der Waals surface area (Å²) in [5.41, 5.74) is 0. The number of methoxy groups -OCH3 is 1. The molecule has 0 spiro atoms. The van der Waals surface area contributed by atoms with Gasteiger partial charge in [-0.2, -0.15) is 0 Å². The minimum Gasteiger partial charge on any atom is -0.469 e. The second kappa shape index (κ2) is 8.58. The van der Waals surface area contributed by atoms with E-state index >= 15 is 0 Å². The van der Waals surface area contributed by atoms with Gasteiger partial charge in [-0.25, -0.2) is 19.9 Å². The maximum atomic E-state index is 11.8. The number of ether oxygens (including phenoxy) is 1. The second-order valence-electron chi connectivity index (χ2n) is 3.90. The number of rotatable bonds is 7. The zero-order valence-corrected chi connectivity index (χ0v) is 13.0. The van der Waals surface area contributed by atoms with Crippen molar-refractivity contribution < 1.29 is 9.53 Å². The summed E-state index contributed by atoms with van der Waals surface area (Å²) in [5.74, 6) is 0.590. The molecule has 2 aromatic rings. The molecule has 2 heterocycles. The molecule has 0 aromatic carbocycles. The number of carbonyl (C=O) groups is 1. The summed E-state index contributed by atoms with van der Waals surface area (Å²) in [5, 5.41) is 1.29. The number of aromatic nitrogens is 4. The van der Waals surface area contributed by atoms with Gasteiger partial charge in [0.25, 0.3) is 0 Å². The van der Waals surface area contributed by atoms with Gasteiger partial charge in [-0.1, -0.05) is 23.5 Å². The van der Waals surface area contributed by atoms with Crippen LogP contribution in [0.3, 0.4) is 0 Å². The van der Waals surface area contributed by atoms with Crippen molar-refractivity contribution in [1.82, 2.24) is 19.9 Å². The van der Waals surface area contributed by atoms with E-state index in [1.54, 1.807) is 36.9 Å². The first-order chi connectivity index (χ1) is 10.3. The van der Waals surface area contributed by atoms with Crippen molar-refractivity contribution >= 4 is 29.5 Å². The minimum atomic E-state index is -0.266. The Bertz CT molecular complexity index is 513. The standard InChI is InChI=1S/C13H14N4O2S2/c1-19-11(18)10(8-20-12-14-4-2-5-15-12)9-21-13-16-6-3-7-17-13/h2-7,10H,8-9H2,1H3. The fourth-order valence-electron chi connectivity index (χ4n) is 1.42. The Hall–Kier alpha value is -1.67. The minimum absolute atomic E-state index is 0.248. The maximum Gasteiger partial charge on any atom is 0.310 e. The van der Waals surface area contributed by atoms with E-state index in [1.165, 1.54) is 30.6 Å². The van der Waals surface area contributed by atoms with Gasteiger partial charge in [0.05, 0.1) is 13.0 Å². The molecule has 0 bridgehead atoms. The quantitative estimate of drug-likeness (QED) is 0.435. The Morgan fingerprint density at radius 2 is 1.43 bits per heavy atom. The highest BCUT2D eigenvalue weighted by molar-refractivity contribution is 8.00. The average molecular weight is 322 g/mol. The van der Waals surface area contributed by atoms with Gasteiger partial charge in [0.1, 0.15) is 0 Å². The van der Waals surface area contributed by atoms with E-state index in [9.17, 15) is 4.79 Å². The van der Waals surface area contributed by atoms with Crippen LogP contribution in [0.4, 0.5) is 0 Å². The van der Waals surface area contributed by atoms with Gasteiger partial charge in [-0.15, -0.1) is 0 Å². The van der Waals surface area contributed by atoms with Crippen LogP contribution in [-0.2, 0) is 9.53 Å². The van der Waals surface area contributed by atoms with Crippen molar-refractivity contribution in [3.8, 4) is 0 Å². The maximum absolute atomic E-state index is 11.8. The van der Waals surface area contributed by atoms with Crippen LogP contribution in [0, 0.1) is 5.92 Å². The first kappa shape index (κ1) is 15.7. The lowest BCUT2D eigenvalue weighted by molar-refractivity contribution is -0.143. The molecule has 0 radical (unpaired) electrons. The largest absolute Gasteiger partial charge is 0.469 e. The first-order valence-electron chi connectivity index (χ1n) is 6.17. The molecule has 21 heavy (non-hydrogen) atoms. The smallest absolute Gasteiger partial charge is 0.310 e. The molecule has 0 unspecified atom stereocenters. The van der Waals surface area contributed by atoms with Crippen LogP contribution in [0.1, 0.15) is 0 Å². The Kier molecular flexibility index (Phi) is 6.42. The molecule has 0 saturated heterocycles. The third-order valence-electron chi connectivity index (χ3n) is 2.45. The van der Waals surface area contributed by atoms with Crippen LogP contribution >= 0.6 is 23.5 Å². The molecule has 0 amide bonds. The third-order valence-corrected chi connectivity index (χ3v) is 4.52. The van der Waals surface area contributed by atoms with Gasteiger partial charge in [-0.05, 0) is 12.1 Å². The van der Waals surface area contributed by atoms with Crippen LogP contribution in [0.15, 0.2) is 47.2 Å². The monoisotopic (exact) mass is 322 g/mol. The van der Waals surface area contributed by atoms with Crippen molar-refractivity contribution in [2.75, 3.05) is 18.6 Å². The lowest BCUT2D eigenvalue weighted by Crippen LogP contribution is -2.21. The molecule has 2 aromatic heterocycles. The van der Waals surface area contributed by atoms with Gasteiger partial charge >= 0.3 is 5.97 Å². The van der Waals surface area contributed by atoms with Gasteiger partial charge in [-0.3, -0.25) is 4.79 Å². The van der Waals surface area contributed by atoms with E-state index in [0.717, 1.165) is 0 Å². The average Bonchev–Trinajstić information content (AvgIpc) is 2.56. The highest BCUT2D eigenvalue weighted by atomic mass is 32.2. The zero-order chi connectivity index (χ0) is 14.9. The summed E-state index contributed by atoms with van der Waals surface area (Å²) >= 11 is 2.86. The molecule has 0 aliphatic heterocycles. The number of thioether (sulfide) groups is 2. The number of hydrogen-bond acceptors (Lipinski definition) is 8. The second-order valence-corrected chi connectivity index (χ2v) is 5.88. The van der Waals surface area contributed by atoms with E-state index in [2.05, 4.69) is 19.9 Å². The van der Waals surface area contributed by atoms with Crippen LogP contribution in [0.25, 0.3) is 0 Å². The molecule has 0 fully saturated rings. The molecule has 6 nitrogen and oxygen atoms in total. The Morgan fingerprint density at radius 1 is 1.00 bits per heavy atom. The molecule has 8 heteroatoms. The van der Waals surface area contributed by atoms with Crippen molar-refractivity contribution in [1.29, 1.82) is 0 Å². The number of nitrogens with zero attached hydrogens (tertiary/aromatic N) is 4. The van der Waals surface area contributed by atoms with Gasteiger partial charge < -0.3 is 4.74 Å². The first-order valence-corrected chi connectivity index (χ1v) is 8.14. The van der Waals surface area contributed by atoms with Gasteiger partial charge in [0.2, 0.25) is 0 Å². The predicted molar refractivity (Wildman–Crippen MR) is 81.0 cm³/mol. The van der Waals surface area contributed by atoms with E-state index in [1.807, 2.05) is 0 Å². The highest BCUT2D eigenvalue weighted by Gasteiger charge is 2.21. The fourth-order valence-corrected chi connectivity index (χ4v) is 3.32. The number of hydrogen-bond donors (Lipinski definition) is 0. The van der Waals surface area contributed by atoms with Crippen LogP contribution in [0.5, 0.6) is 0 Å². The Morgan fingerprint density at radius 3 is 1.81 bits per heavy atom. The normalized spacial score (nSPS) is 10.6. The molecular weight excluding hydrogens is 308 g/mol. The summed E-state index contributed by atoms with van der Waals surface area (Å²) in [6.45, 7) is 0.